The van der Waals surface area contributed by atoms with Crippen molar-refractivity contribution in [2.75, 3.05) is 11.9 Å². The van der Waals surface area contributed by atoms with E-state index in [2.05, 4.69) is 37.9 Å². The Morgan fingerprint density at radius 1 is 1.10 bits per heavy atom. The lowest BCUT2D eigenvalue weighted by atomic mass is 9.81. The molecule has 0 bridgehead atoms. The molecular formula is C24H29Cl2N2O. The van der Waals surface area contributed by atoms with Crippen LogP contribution in [0, 0.1) is 5.92 Å². The van der Waals surface area contributed by atoms with Crippen LogP contribution in [-0.2, 0) is 16.8 Å². The van der Waals surface area contributed by atoms with Crippen LogP contribution in [-0.4, -0.2) is 23.4 Å². The van der Waals surface area contributed by atoms with Gasteiger partial charge in [-0.05, 0) is 69.0 Å². The Balaban J connectivity index is 2.10. The van der Waals surface area contributed by atoms with E-state index >= 15 is 0 Å². The van der Waals surface area contributed by atoms with Crippen molar-refractivity contribution in [3.05, 3.63) is 69.6 Å². The van der Waals surface area contributed by atoms with Gasteiger partial charge in [0.15, 0.2) is 0 Å². The number of nitrogens with zero attached hydrogens (tertiary/aromatic N) is 1. The van der Waals surface area contributed by atoms with E-state index in [1.54, 1.807) is 0 Å². The fraction of sp³-hybridized carbons (Fsp3) is 0.417. The molecule has 1 amide bonds. The molecule has 0 aromatic heterocycles. The molecule has 155 valence electrons. The predicted molar refractivity (Wildman–Crippen MR) is 123 cm³/mol. The maximum Gasteiger partial charge on any atom is 0.249 e. The molecule has 0 saturated heterocycles. The van der Waals surface area contributed by atoms with Crippen LogP contribution >= 0.6 is 23.2 Å². The number of benzene rings is 2. The molecule has 3 rings (SSSR count). The minimum absolute atomic E-state index is 0.000595. The van der Waals surface area contributed by atoms with Crippen LogP contribution in [0.2, 0.25) is 10.0 Å². The Morgan fingerprint density at radius 2 is 1.83 bits per heavy atom. The number of nitrogens with one attached hydrogen (secondary N) is 1. The first-order valence-corrected chi connectivity index (χ1v) is 10.9. The number of carbonyl (C=O) groups is 1. The third-order valence-corrected chi connectivity index (χ3v) is 6.06. The van der Waals surface area contributed by atoms with Gasteiger partial charge < -0.3 is 5.32 Å². The highest BCUT2D eigenvalue weighted by Crippen LogP contribution is 2.45. The van der Waals surface area contributed by atoms with Gasteiger partial charge in [-0.1, -0.05) is 55.2 Å². The van der Waals surface area contributed by atoms with Gasteiger partial charge in [-0.2, -0.15) is 0 Å². The second-order valence-corrected chi connectivity index (χ2v) is 9.28. The van der Waals surface area contributed by atoms with Gasteiger partial charge in [0, 0.05) is 33.8 Å². The summed E-state index contributed by atoms with van der Waals surface area (Å²) in [6.07, 6.45) is 2.61. The number of hydrogen-bond acceptors (Lipinski definition) is 2. The summed E-state index contributed by atoms with van der Waals surface area (Å²) >= 11 is 12.5. The fourth-order valence-corrected chi connectivity index (χ4v) is 4.71. The van der Waals surface area contributed by atoms with Crippen molar-refractivity contribution in [2.45, 2.75) is 58.5 Å². The molecule has 0 aliphatic carbocycles. The smallest absolute Gasteiger partial charge is 0.249 e. The molecule has 1 N–H and O–H groups in total. The maximum absolute atomic E-state index is 13.6. The molecule has 29 heavy (non-hydrogen) atoms. The van der Waals surface area contributed by atoms with Crippen molar-refractivity contribution in [1.29, 1.82) is 0 Å². The molecule has 2 aromatic carbocycles. The average molecular weight is 432 g/mol. The third-order valence-electron chi connectivity index (χ3n) is 5.59. The number of rotatable bonds is 8. The molecule has 0 spiro atoms. The first-order valence-electron chi connectivity index (χ1n) is 10.2. The average Bonchev–Trinajstić information content (AvgIpc) is 2.89. The summed E-state index contributed by atoms with van der Waals surface area (Å²) < 4.78 is 0. The third kappa shape index (κ3) is 4.63. The zero-order valence-electron chi connectivity index (χ0n) is 17.6. The second kappa shape index (κ2) is 9.07. The van der Waals surface area contributed by atoms with Gasteiger partial charge in [-0.25, -0.2) is 0 Å². The van der Waals surface area contributed by atoms with Crippen LogP contribution in [0.5, 0.6) is 0 Å². The van der Waals surface area contributed by atoms with Gasteiger partial charge >= 0.3 is 0 Å². The van der Waals surface area contributed by atoms with Crippen molar-refractivity contribution in [3.63, 3.8) is 0 Å². The van der Waals surface area contributed by atoms with E-state index in [0.717, 1.165) is 36.2 Å². The quantitative estimate of drug-likeness (QED) is 0.517. The zero-order valence-corrected chi connectivity index (χ0v) is 19.1. The molecule has 1 heterocycles. The van der Waals surface area contributed by atoms with E-state index in [1.165, 1.54) is 5.92 Å². The van der Waals surface area contributed by atoms with Gasteiger partial charge in [-0.3, -0.25) is 9.69 Å². The maximum atomic E-state index is 13.6. The first-order chi connectivity index (χ1) is 13.7. The molecule has 2 aromatic rings. The number of carbonyl (C=O) groups excluding carboxylic acids is 1. The van der Waals surface area contributed by atoms with Gasteiger partial charge in [-0.15, -0.1) is 0 Å². The highest BCUT2D eigenvalue weighted by atomic mass is 35.5. The minimum Gasteiger partial charge on any atom is -0.324 e. The molecule has 1 atom stereocenters. The number of fused-ring (bicyclic) bond motifs is 1. The SMILES string of the molecule is C[C](C)CCCN(C(C)C)C1(Cc2cccc(Cl)c2)C(=O)Nc2cc(Cl)ccc21. The standard InChI is InChI=1S/C24H29Cl2N2O/c1-16(2)7-6-12-28(17(3)4)24(15-18-8-5-9-19(25)13-18)21-11-10-20(26)14-22(21)27-23(24)29/h5,8-11,13-14,17H,6-7,12,15H2,1-4H3,(H,27,29). The second-order valence-electron chi connectivity index (χ2n) is 8.41. The van der Waals surface area contributed by atoms with Gasteiger partial charge in [0.1, 0.15) is 5.54 Å². The minimum atomic E-state index is -0.791. The normalized spacial score (nSPS) is 18.6. The lowest BCUT2D eigenvalue weighted by Crippen LogP contribution is -2.55. The molecule has 0 saturated carbocycles. The van der Waals surface area contributed by atoms with E-state index < -0.39 is 5.54 Å². The molecular weight excluding hydrogens is 403 g/mol. The van der Waals surface area contributed by atoms with E-state index in [1.807, 2.05) is 42.5 Å². The van der Waals surface area contributed by atoms with Crippen molar-refractivity contribution in [2.24, 2.45) is 0 Å². The molecule has 0 fully saturated rings. The van der Waals surface area contributed by atoms with E-state index in [4.69, 9.17) is 23.2 Å². The van der Waals surface area contributed by atoms with Gasteiger partial charge in [0.2, 0.25) is 5.91 Å². The molecule has 1 radical (unpaired) electrons. The Hall–Kier alpha value is -1.55. The van der Waals surface area contributed by atoms with Crippen LogP contribution in [0.25, 0.3) is 0 Å². The zero-order chi connectivity index (χ0) is 21.2. The van der Waals surface area contributed by atoms with E-state index in [9.17, 15) is 4.79 Å². The topological polar surface area (TPSA) is 32.3 Å². The van der Waals surface area contributed by atoms with Gasteiger partial charge in [0.25, 0.3) is 0 Å². The lowest BCUT2D eigenvalue weighted by Gasteiger charge is -2.43. The summed E-state index contributed by atoms with van der Waals surface area (Å²) in [7, 11) is 0. The number of hydrogen-bond donors (Lipinski definition) is 1. The Labute approximate surface area is 184 Å². The Morgan fingerprint density at radius 3 is 2.48 bits per heavy atom. The molecule has 1 aliphatic rings. The predicted octanol–water partition coefficient (Wildman–Crippen LogP) is 6.49. The molecule has 5 heteroatoms. The number of amides is 1. The fourth-order valence-electron chi connectivity index (χ4n) is 4.33. The molecule has 1 aliphatic heterocycles. The molecule has 1 unspecified atom stereocenters. The van der Waals surface area contributed by atoms with Crippen LogP contribution in [0.3, 0.4) is 0 Å². The summed E-state index contributed by atoms with van der Waals surface area (Å²) in [6, 6.07) is 13.7. The summed E-state index contributed by atoms with van der Waals surface area (Å²) in [6.45, 7) is 9.45. The number of halogens is 2. The first kappa shape index (κ1) is 22.1. The van der Waals surface area contributed by atoms with Crippen molar-refractivity contribution >= 4 is 34.8 Å². The van der Waals surface area contributed by atoms with Crippen molar-refractivity contribution in [3.8, 4) is 0 Å². The highest BCUT2D eigenvalue weighted by Gasteiger charge is 2.51. The van der Waals surface area contributed by atoms with Gasteiger partial charge in [0.05, 0.1) is 0 Å². The van der Waals surface area contributed by atoms with Crippen molar-refractivity contribution < 1.29 is 4.79 Å². The summed E-state index contributed by atoms with van der Waals surface area (Å²) in [5.74, 6) is 1.40. The Kier molecular flexibility index (Phi) is 6.93. The largest absolute Gasteiger partial charge is 0.324 e. The van der Waals surface area contributed by atoms with E-state index in [0.29, 0.717) is 16.5 Å². The van der Waals surface area contributed by atoms with Crippen LogP contribution in [0.4, 0.5) is 5.69 Å². The highest BCUT2D eigenvalue weighted by molar-refractivity contribution is 6.31. The van der Waals surface area contributed by atoms with Crippen LogP contribution in [0.15, 0.2) is 42.5 Å². The lowest BCUT2D eigenvalue weighted by molar-refractivity contribution is -0.129. The van der Waals surface area contributed by atoms with E-state index in [-0.39, 0.29) is 11.9 Å². The summed E-state index contributed by atoms with van der Waals surface area (Å²) in [4.78, 5) is 15.9. The van der Waals surface area contributed by atoms with Crippen LogP contribution in [0.1, 0.15) is 51.7 Å². The summed E-state index contributed by atoms with van der Waals surface area (Å²) in [5.41, 5.74) is 2.03. The van der Waals surface area contributed by atoms with Crippen LogP contribution < -0.4 is 5.32 Å². The summed E-state index contributed by atoms with van der Waals surface area (Å²) in [5, 5.41) is 4.40. The Bertz CT molecular complexity index is 881. The monoisotopic (exact) mass is 431 g/mol. The number of anilines is 1. The van der Waals surface area contributed by atoms with Crippen molar-refractivity contribution in [1.82, 2.24) is 4.90 Å². The molecule has 3 nitrogen and oxygen atoms in total.